The van der Waals surface area contributed by atoms with Gasteiger partial charge in [-0.25, -0.2) is 4.98 Å². The van der Waals surface area contributed by atoms with Gasteiger partial charge in [-0.05, 0) is 12.8 Å². The molecular formula is C11H18ClN3OS. The van der Waals surface area contributed by atoms with E-state index in [0.717, 1.165) is 25.9 Å². The Kier molecular flexibility index (Phi) is 5.71. The Morgan fingerprint density at radius 3 is 2.47 bits per heavy atom. The lowest BCUT2D eigenvalue weighted by atomic mass is 10.3. The molecule has 17 heavy (non-hydrogen) atoms. The van der Waals surface area contributed by atoms with Gasteiger partial charge in [0, 0.05) is 13.1 Å². The van der Waals surface area contributed by atoms with Gasteiger partial charge in [0.15, 0.2) is 5.13 Å². The molecule has 4 nitrogen and oxygen atoms in total. The third-order valence-corrected chi connectivity index (χ3v) is 3.48. The first kappa shape index (κ1) is 14.3. The smallest absolute Gasteiger partial charge is 0.265 e. The number of aromatic nitrogens is 1. The van der Waals surface area contributed by atoms with Gasteiger partial charge >= 0.3 is 0 Å². The topological polar surface area (TPSA) is 59.2 Å². The number of alkyl halides is 1. The molecule has 1 amide bonds. The van der Waals surface area contributed by atoms with Crippen molar-refractivity contribution in [1.29, 1.82) is 0 Å². The molecule has 96 valence electrons. The van der Waals surface area contributed by atoms with Crippen molar-refractivity contribution in [3.63, 3.8) is 0 Å². The highest BCUT2D eigenvalue weighted by atomic mass is 35.5. The molecule has 2 N–H and O–H groups in total. The van der Waals surface area contributed by atoms with Crippen molar-refractivity contribution in [3.8, 4) is 0 Å². The Labute approximate surface area is 111 Å². The zero-order valence-corrected chi connectivity index (χ0v) is 11.8. The second-order valence-corrected chi connectivity index (χ2v) is 5.05. The van der Waals surface area contributed by atoms with Crippen molar-refractivity contribution in [3.05, 3.63) is 10.6 Å². The first-order valence-electron chi connectivity index (χ1n) is 5.74. The van der Waals surface area contributed by atoms with Gasteiger partial charge in [0.25, 0.3) is 5.91 Å². The highest BCUT2D eigenvalue weighted by molar-refractivity contribution is 7.17. The van der Waals surface area contributed by atoms with Crippen molar-refractivity contribution in [2.24, 2.45) is 0 Å². The molecule has 1 aromatic rings. The maximum atomic E-state index is 12.3. The van der Waals surface area contributed by atoms with E-state index in [4.69, 9.17) is 17.3 Å². The highest BCUT2D eigenvalue weighted by Gasteiger charge is 2.21. The summed E-state index contributed by atoms with van der Waals surface area (Å²) < 4.78 is 0. The maximum absolute atomic E-state index is 12.3. The van der Waals surface area contributed by atoms with Crippen LogP contribution in [-0.4, -0.2) is 28.9 Å². The number of carbonyl (C=O) groups excluding carboxylic acids is 1. The molecule has 6 heteroatoms. The fraction of sp³-hybridized carbons (Fsp3) is 0.636. The summed E-state index contributed by atoms with van der Waals surface area (Å²) in [6.07, 6.45) is 1.88. The van der Waals surface area contributed by atoms with Crippen molar-refractivity contribution >= 4 is 34.0 Å². The van der Waals surface area contributed by atoms with Crippen LogP contribution < -0.4 is 5.73 Å². The Hall–Kier alpha value is -0.810. The number of nitrogen functional groups attached to an aromatic ring is 1. The van der Waals surface area contributed by atoms with Crippen LogP contribution in [0.4, 0.5) is 5.13 Å². The number of rotatable bonds is 6. The zero-order chi connectivity index (χ0) is 12.8. The molecule has 0 aliphatic heterocycles. The van der Waals surface area contributed by atoms with Crippen LogP contribution in [-0.2, 0) is 5.88 Å². The molecule has 0 bridgehead atoms. The number of amides is 1. The number of thiazole rings is 1. The molecule has 0 fully saturated rings. The second kappa shape index (κ2) is 6.81. The summed E-state index contributed by atoms with van der Waals surface area (Å²) >= 11 is 6.98. The normalized spacial score (nSPS) is 10.5. The monoisotopic (exact) mass is 275 g/mol. The van der Waals surface area contributed by atoms with Gasteiger partial charge in [0.05, 0.1) is 11.6 Å². The number of anilines is 1. The van der Waals surface area contributed by atoms with E-state index >= 15 is 0 Å². The summed E-state index contributed by atoms with van der Waals surface area (Å²) in [5.41, 5.74) is 6.21. The van der Waals surface area contributed by atoms with Crippen LogP contribution in [0, 0.1) is 0 Å². The molecule has 0 aliphatic rings. The van der Waals surface area contributed by atoms with E-state index in [1.54, 1.807) is 0 Å². The molecule has 1 heterocycles. The molecule has 0 aliphatic carbocycles. The van der Waals surface area contributed by atoms with Crippen LogP contribution >= 0.6 is 22.9 Å². The third kappa shape index (κ3) is 3.57. The van der Waals surface area contributed by atoms with E-state index in [1.807, 2.05) is 4.90 Å². The summed E-state index contributed by atoms with van der Waals surface area (Å²) in [7, 11) is 0. The molecule has 0 unspecified atom stereocenters. The SMILES string of the molecule is CCCN(CCC)C(=O)c1sc(N)nc1CCl. The van der Waals surface area contributed by atoms with Crippen LogP contribution in [0.2, 0.25) is 0 Å². The average molecular weight is 276 g/mol. The lowest BCUT2D eigenvalue weighted by molar-refractivity contribution is 0.0759. The highest BCUT2D eigenvalue weighted by Crippen LogP contribution is 2.23. The van der Waals surface area contributed by atoms with Crippen molar-refractivity contribution in [2.45, 2.75) is 32.6 Å². The third-order valence-electron chi connectivity index (χ3n) is 2.31. The molecule has 0 aromatic carbocycles. The van der Waals surface area contributed by atoms with Crippen molar-refractivity contribution < 1.29 is 4.79 Å². The van der Waals surface area contributed by atoms with Gasteiger partial charge < -0.3 is 10.6 Å². The van der Waals surface area contributed by atoms with Gasteiger partial charge in [0.2, 0.25) is 0 Å². The quantitative estimate of drug-likeness (QED) is 0.812. The van der Waals surface area contributed by atoms with Gasteiger partial charge in [0.1, 0.15) is 4.88 Å². The molecule has 0 spiro atoms. The summed E-state index contributed by atoms with van der Waals surface area (Å²) in [6, 6.07) is 0. The maximum Gasteiger partial charge on any atom is 0.265 e. The van der Waals surface area contributed by atoms with Crippen LogP contribution in [0.1, 0.15) is 42.1 Å². The summed E-state index contributed by atoms with van der Waals surface area (Å²) in [5.74, 6) is 0.222. The minimum absolute atomic E-state index is 0.00134. The molecule has 1 aromatic heterocycles. The first-order chi connectivity index (χ1) is 8.13. The van der Waals surface area contributed by atoms with Crippen LogP contribution in [0.5, 0.6) is 0 Å². The van der Waals surface area contributed by atoms with E-state index in [2.05, 4.69) is 18.8 Å². The Bertz CT molecular complexity index is 375. The van der Waals surface area contributed by atoms with E-state index in [0.29, 0.717) is 15.7 Å². The van der Waals surface area contributed by atoms with E-state index in [1.165, 1.54) is 11.3 Å². The molecule has 0 saturated carbocycles. The average Bonchev–Trinajstić information content (AvgIpc) is 2.69. The summed E-state index contributed by atoms with van der Waals surface area (Å²) in [6.45, 7) is 5.62. The zero-order valence-electron chi connectivity index (χ0n) is 10.2. The van der Waals surface area contributed by atoms with Crippen LogP contribution in [0.15, 0.2) is 0 Å². The minimum Gasteiger partial charge on any atom is -0.375 e. The predicted octanol–water partition coefficient (Wildman–Crippen LogP) is 2.73. The van der Waals surface area contributed by atoms with E-state index in [-0.39, 0.29) is 11.8 Å². The standard InChI is InChI=1S/C11H18ClN3OS/c1-3-5-15(6-4-2)10(16)9-8(7-12)14-11(13)17-9/h3-7H2,1-2H3,(H2,13,14). The molecule has 0 radical (unpaired) electrons. The van der Waals surface area contributed by atoms with E-state index in [9.17, 15) is 4.79 Å². The Balaban J connectivity index is 2.91. The number of hydrogen-bond donors (Lipinski definition) is 1. The fourth-order valence-corrected chi connectivity index (χ4v) is 2.72. The number of nitrogens with zero attached hydrogens (tertiary/aromatic N) is 2. The summed E-state index contributed by atoms with van der Waals surface area (Å²) in [4.78, 5) is 18.8. The Morgan fingerprint density at radius 2 is 2.00 bits per heavy atom. The molecule has 1 rings (SSSR count). The summed E-state index contributed by atoms with van der Waals surface area (Å²) in [5, 5.41) is 0.400. The van der Waals surface area contributed by atoms with Gasteiger partial charge in [-0.3, -0.25) is 4.79 Å². The van der Waals surface area contributed by atoms with Gasteiger partial charge in [-0.1, -0.05) is 25.2 Å². The van der Waals surface area contributed by atoms with Crippen molar-refractivity contribution in [2.75, 3.05) is 18.8 Å². The van der Waals surface area contributed by atoms with Crippen LogP contribution in [0.3, 0.4) is 0 Å². The lowest BCUT2D eigenvalue weighted by Gasteiger charge is -2.20. The number of carbonyl (C=O) groups is 1. The second-order valence-electron chi connectivity index (χ2n) is 3.75. The van der Waals surface area contributed by atoms with Gasteiger partial charge in [-0.15, -0.1) is 11.6 Å². The predicted molar refractivity (Wildman–Crippen MR) is 72.6 cm³/mol. The molecule has 0 saturated heterocycles. The van der Waals surface area contributed by atoms with Crippen LogP contribution in [0.25, 0.3) is 0 Å². The van der Waals surface area contributed by atoms with E-state index < -0.39 is 0 Å². The molecule has 0 atom stereocenters. The largest absolute Gasteiger partial charge is 0.375 e. The van der Waals surface area contributed by atoms with Crippen molar-refractivity contribution in [1.82, 2.24) is 9.88 Å². The first-order valence-corrected chi connectivity index (χ1v) is 7.09. The van der Waals surface area contributed by atoms with Gasteiger partial charge in [-0.2, -0.15) is 0 Å². The fourth-order valence-electron chi connectivity index (χ4n) is 1.63. The lowest BCUT2D eigenvalue weighted by Crippen LogP contribution is -2.32. The molecular weight excluding hydrogens is 258 g/mol. The minimum atomic E-state index is -0.00134. The number of halogens is 1. The Morgan fingerprint density at radius 1 is 1.41 bits per heavy atom. The number of nitrogens with two attached hydrogens (primary N) is 1. The number of hydrogen-bond acceptors (Lipinski definition) is 4.